The van der Waals surface area contributed by atoms with E-state index in [0.717, 1.165) is 0 Å². The highest BCUT2D eigenvalue weighted by atomic mass is 79.9. The van der Waals surface area contributed by atoms with Crippen LogP contribution in [-0.4, -0.2) is 20.6 Å². The highest BCUT2D eigenvalue weighted by Crippen LogP contribution is 2.22. The number of benzene rings is 1. The van der Waals surface area contributed by atoms with Crippen LogP contribution < -0.4 is 0 Å². The highest BCUT2D eigenvalue weighted by Gasteiger charge is 2.13. The Morgan fingerprint density at radius 2 is 2.29 bits per heavy atom. The fourth-order valence-corrected chi connectivity index (χ4v) is 1.78. The Hall–Kier alpha value is -1.36. The number of hydrogen-bond donors (Lipinski definition) is 1. The van der Waals surface area contributed by atoms with Gasteiger partial charge in [-0.2, -0.15) is 0 Å². The van der Waals surface area contributed by atoms with Gasteiger partial charge in [0.25, 0.3) is 0 Å². The molecule has 0 aliphatic carbocycles. The Morgan fingerprint density at radius 1 is 1.57 bits per heavy atom. The van der Waals surface area contributed by atoms with Gasteiger partial charge >= 0.3 is 5.97 Å². The summed E-state index contributed by atoms with van der Waals surface area (Å²) in [5, 5.41) is 8.96. The lowest BCUT2D eigenvalue weighted by atomic mass is 10.2. The third-order valence-corrected chi connectivity index (χ3v) is 2.78. The number of hydrogen-bond acceptors (Lipinski definition) is 2. The van der Waals surface area contributed by atoms with Crippen molar-refractivity contribution >= 4 is 32.9 Å². The Kier molecular flexibility index (Phi) is 2.03. The summed E-state index contributed by atoms with van der Waals surface area (Å²) < 4.78 is 2.33. The molecule has 0 radical (unpaired) electrons. The molecular weight excluding hydrogens is 248 g/mol. The van der Waals surface area contributed by atoms with Crippen molar-refractivity contribution in [3.63, 3.8) is 0 Å². The Bertz CT molecular complexity index is 519. The Morgan fingerprint density at radius 3 is 2.93 bits per heavy atom. The summed E-state index contributed by atoms with van der Waals surface area (Å²) in [6.07, 6.45) is 0. The topological polar surface area (TPSA) is 55.1 Å². The molecule has 0 spiro atoms. The molecule has 0 bridgehead atoms. The minimum atomic E-state index is -0.939. The molecule has 2 rings (SSSR count). The van der Waals surface area contributed by atoms with Crippen LogP contribution in [0.2, 0.25) is 0 Å². The van der Waals surface area contributed by atoms with Crippen LogP contribution in [-0.2, 0) is 7.05 Å². The Balaban J connectivity index is 2.91. The van der Waals surface area contributed by atoms with Crippen LogP contribution in [0.25, 0.3) is 11.0 Å². The first-order valence-corrected chi connectivity index (χ1v) is 4.75. The number of aromatic nitrogens is 2. The van der Waals surface area contributed by atoms with E-state index in [1.807, 2.05) is 0 Å². The number of aromatic carboxylic acids is 1. The maximum atomic E-state index is 10.9. The molecule has 0 saturated heterocycles. The zero-order valence-corrected chi connectivity index (χ0v) is 8.95. The molecule has 0 fully saturated rings. The van der Waals surface area contributed by atoms with Crippen LogP contribution in [0, 0.1) is 0 Å². The largest absolute Gasteiger partial charge is 0.478 e. The fourth-order valence-electron chi connectivity index (χ4n) is 1.41. The van der Waals surface area contributed by atoms with Gasteiger partial charge in [-0.05, 0) is 28.1 Å². The molecule has 0 unspecified atom stereocenters. The molecule has 1 N–H and O–H groups in total. The molecule has 1 aromatic carbocycles. The minimum absolute atomic E-state index is 0.267. The second-order valence-electron chi connectivity index (χ2n) is 2.92. The predicted molar refractivity (Wildman–Crippen MR) is 55.4 cm³/mol. The first-order chi connectivity index (χ1) is 6.61. The van der Waals surface area contributed by atoms with E-state index in [1.165, 1.54) is 0 Å². The van der Waals surface area contributed by atoms with Crippen LogP contribution in [0.3, 0.4) is 0 Å². The van der Waals surface area contributed by atoms with Gasteiger partial charge in [-0.1, -0.05) is 6.07 Å². The molecule has 0 amide bonds. The van der Waals surface area contributed by atoms with Gasteiger partial charge in [0.1, 0.15) is 0 Å². The SMILES string of the molecule is Cn1c(Br)nc2cccc(C(=O)O)c21. The lowest BCUT2D eigenvalue weighted by Gasteiger charge is -1.99. The van der Waals surface area contributed by atoms with Gasteiger partial charge < -0.3 is 9.67 Å². The first-order valence-electron chi connectivity index (χ1n) is 3.95. The van der Waals surface area contributed by atoms with Crippen LogP contribution in [0.1, 0.15) is 10.4 Å². The van der Waals surface area contributed by atoms with Crippen molar-refractivity contribution < 1.29 is 9.90 Å². The lowest BCUT2D eigenvalue weighted by molar-refractivity contribution is 0.0698. The maximum Gasteiger partial charge on any atom is 0.337 e. The number of carbonyl (C=O) groups is 1. The summed E-state index contributed by atoms with van der Waals surface area (Å²) in [4.78, 5) is 15.1. The normalized spacial score (nSPS) is 10.7. The van der Waals surface area contributed by atoms with Gasteiger partial charge in [-0.15, -0.1) is 0 Å². The molecule has 0 aliphatic rings. The molecule has 1 aromatic heterocycles. The van der Waals surface area contributed by atoms with Crippen LogP contribution in [0.4, 0.5) is 0 Å². The van der Waals surface area contributed by atoms with Crippen molar-refractivity contribution in [1.82, 2.24) is 9.55 Å². The smallest absolute Gasteiger partial charge is 0.337 e. The minimum Gasteiger partial charge on any atom is -0.478 e. The molecule has 0 aliphatic heterocycles. The van der Waals surface area contributed by atoms with Crippen molar-refractivity contribution in [2.24, 2.45) is 7.05 Å². The Labute approximate surface area is 88.3 Å². The predicted octanol–water partition coefficient (Wildman–Crippen LogP) is 2.03. The van der Waals surface area contributed by atoms with Gasteiger partial charge in [-0.25, -0.2) is 9.78 Å². The second-order valence-corrected chi connectivity index (χ2v) is 3.63. The average Bonchev–Trinajstić information content (AvgIpc) is 2.43. The zero-order valence-electron chi connectivity index (χ0n) is 7.36. The van der Waals surface area contributed by atoms with E-state index in [4.69, 9.17) is 5.11 Å². The number of carboxylic acid groups (broad SMARTS) is 1. The number of aryl methyl sites for hydroxylation is 1. The van der Waals surface area contributed by atoms with Crippen molar-refractivity contribution in [3.8, 4) is 0 Å². The maximum absolute atomic E-state index is 10.9. The number of fused-ring (bicyclic) bond motifs is 1. The van der Waals surface area contributed by atoms with E-state index in [2.05, 4.69) is 20.9 Å². The standard InChI is InChI=1S/C9H7BrN2O2/c1-12-7-5(8(13)14)3-2-4-6(7)11-9(12)10/h2-4H,1H3,(H,13,14). The molecule has 5 heteroatoms. The molecule has 0 atom stereocenters. The molecule has 0 saturated carbocycles. The van der Waals surface area contributed by atoms with Crippen molar-refractivity contribution in [3.05, 3.63) is 28.5 Å². The summed E-state index contributed by atoms with van der Waals surface area (Å²) in [5.74, 6) is -0.939. The van der Waals surface area contributed by atoms with Gasteiger partial charge in [-0.3, -0.25) is 0 Å². The summed E-state index contributed by atoms with van der Waals surface area (Å²) in [5.41, 5.74) is 1.58. The van der Waals surface area contributed by atoms with Gasteiger partial charge in [0.15, 0.2) is 4.73 Å². The van der Waals surface area contributed by atoms with Gasteiger partial charge in [0.05, 0.1) is 16.6 Å². The number of imidazole rings is 1. The van der Waals surface area contributed by atoms with Gasteiger partial charge in [0.2, 0.25) is 0 Å². The zero-order chi connectivity index (χ0) is 10.3. The number of halogens is 1. The number of para-hydroxylation sites is 1. The van der Waals surface area contributed by atoms with E-state index in [9.17, 15) is 4.79 Å². The number of nitrogens with zero attached hydrogens (tertiary/aromatic N) is 2. The molecule has 4 nitrogen and oxygen atoms in total. The van der Waals surface area contributed by atoms with Crippen molar-refractivity contribution in [2.75, 3.05) is 0 Å². The van der Waals surface area contributed by atoms with E-state index < -0.39 is 5.97 Å². The van der Waals surface area contributed by atoms with Gasteiger partial charge in [0, 0.05) is 7.05 Å². The van der Waals surface area contributed by atoms with E-state index in [1.54, 1.807) is 29.8 Å². The number of rotatable bonds is 1. The van der Waals surface area contributed by atoms with E-state index in [-0.39, 0.29) is 5.56 Å². The third-order valence-electron chi connectivity index (χ3n) is 2.07. The van der Waals surface area contributed by atoms with Crippen LogP contribution in [0.15, 0.2) is 22.9 Å². The molecule has 1 heterocycles. The molecule has 2 aromatic rings. The van der Waals surface area contributed by atoms with Crippen LogP contribution >= 0.6 is 15.9 Å². The first kappa shape index (κ1) is 9.21. The van der Waals surface area contributed by atoms with E-state index >= 15 is 0 Å². The number of carboxylic acids is 1. The lowest BCUT2D eigenvalue weighted by Crippen LogP contribution is -2.00. The summed E-state index contributed by atoms with van der Waals surface area (Å²) in [6.45, 7) is 0. The molecule has 72 valence electrons. The van der Waals surface area contributed by atoms with E-state index in [0.29, 0.717) is 15.8 Å². The monoisotopic (exact) mass is 254 g/mol. The second kappa shape index (κ2) is 3.09. The molecular formula is C9H7BrN2O2. The average molecular weight is 255 g/mol. The summed E-state index contributed by atoms with van der Waals surface area (Å²) >= 11 is 3.25. The summed E-state index contributed by atoms with van der Waals surface area (Å²) in [6, 6.07) is 5.04. The van der Waals surface area contributed by atoms with Crippen molar-refractivity contribution in [1.29, 1.82) is 0 Å². The molecule has 14 heavy (non-hydrogen) atoms. The van der Waals surface area contributed by atoms with Crippen LogP contribution in [0.5, 0.6) is 0 Å². The third kappa shape index (κ3) is 1.21. The highest BCUT2D eigenvalue weighted by molar-refractivity contribution is 9.10. The van der Waals surface area contributed by atoms with Crippen molar-refractivity contribution in [2.45, 2.75) is 0 Å². The quantitative estimate of drug-likeness (QED) is 0.848. The summed E-state index contributed by atoms with van der Waals surface area (Å²) in [7, 11) is 1.77. The fraction of sp³-hybridized carbons (Fsp3) is 0.111.